The topological polar surface area (TPSA) is 120 Å². The maximum Gasteiger partial charge on any atom is 0.411 e. The molecule has 1 aliphatic carbocycles. The van der Waals surface area contributed by atoms with Gasteiger partial charge in [0.15, 0.2) is 0 Å². The smallest absolute Gasteiger partial charge is 0.411 e. The first-order valence-corrected chi connectivity index (χ1v) is 9.67. The van der Waals surface area contributed by atoms with Crippen LogP contribution < -0.4 is 0 Å². The molecule has 0 aromatic rings. The molecule has 2 heterocycles. The normalized spacial score (nSPS) is 31.7. The van der Waals surface area contributed by atoms with Crippen molar-refractivity contribution < 1.29 is 29.0 Å². The van der Waals surface area contributed by atoms with E-state index >= 15 is 0 Å². The summed E-state index contributed by atoms with van der Waals surface area (Å²) in [7, 11) is 0. The summed E-state index contributed by atoms with van der Waals surface area (Å²) in [4.78, 5) is 40.0. The summed E-state index contributed by atoms with van der Waals surface area (Å²) >= 11 is 0. The van der Waals surface area contributed by atoms with E-state index in [1.807, 2.05) is 0 Å². The minimum atomic E-state index is -1.08. The summed E-state index contributed by atoms with van der Waals surface area (Å²) in [6.07, 6.45) is 1.43. The molecule has 0 aromatic carbocycles. The van der Waals surface area contributed by atoms with Gasteiger partial charge in [0.25, 0.3) is 0 Å². The highest BCUT2D eigenvalue weighted by Crippen LogP contribution is 2.45. The second-order valence-corrected chi connectivity index (χ2v) is 8.69. The van der Waals surface area contributed by atoms with Gasteiger partial charge in [-0.25, -0.2) is 9.59 Å². The van der Waals surface area contributed by atoms with Crippen LogP contribution in [-0.4, -0.2) is 75.9 Å². The zero-order valence-corrected chi connectivity index (χ0v) is 16.5. The molecular formula is C19H27N3O6. The number of piperidine rings is 1. The van der Waals surface area contributed by atoms with Gasteiger partial charge in [-0.15, -0.1) is 0 Å². The van der Waals surface area contributed by atoms with Crippen LogP contribution in [0, 0.1) is 17.2 Å². The summed E-state index contributed by atoms with van der Waals surface area (Å²) in [6.45, 7) is 5.31. The third-order valence-electron chi connectivity index (χ3n) is 5.58. The van der Waals surface area contributed by atoms with Gasteiger partial charge in [-0.3, -0.25) is 9.69 Å². The number of fused-ring (bicyclic) bond motifs is 2. The van der Waals surface area contributed by atoms with Gasteiger partial charge in [-0.1, -0.05) is 0 Å². The number of hydrogen-bond acceptors (Lipinski definition) is 6. The van der Waals surface area contributed by atoms with Gasteiger partial charge in [0.05, 0.1) is 18.2 Å². The maximum absolute atomic E-state index is 13.3. The summed E-state index contributed by atoms with van der Waals surface area (Å²) in [5.41, 5.74) is -0.729. The van der Waals surface area contributed by atoms with Crippen molar-refractivity contribution in [2.45, 2.75) is 76.3 Å². The van der Waals surface area contributed by atoms with E-state index in [1.54, 1.807) is 25.7 Å². The number of aliphatic carboxylic acids is 1. The van der Waals surface area contributed by atoms with Crippen molar-refractivity contribution in [3.63, 3.8) is 0 Å². The van der Waals surface area contributed by atoms with Crippen molar-refractivity contribution in [3.8, 4) is 6.07 Å². The maximum atomic E-state index is 13.3. The predicted octanol–water partition coefficient (Wildman–Crippen LogP) is 1.37. The molecule has 5 atom stereocenters. The van der Waals surface area contributed by atoms with Crippen LogP contribution in [-0.2, 0) is 19.1 Å². The molecule has 28 heavy (non-hydrogen) atoms. The van der Waals surface area contributed by atoms with Gasteiger partial charge >= 0.3 is 12.1 Å². The molecule has 1 saturated carbocycles. The Hall–Kier alpha value is -2.34. The van der Waals surface area contributed by atoms with E-state index in [2.05, 4.69) is 6.07 Å². The summed E-state index contributed by atoms with van der Waals surface area (Å²) in [6, 6.07) is 0.598. The Morgan fingerprint density at radius 2 is 1.96 bits per heavy atom. The lowest BCUT2D eigenvalue weighted by Gasteiger charge is -2.40. The number of carboxylic acid groups (broad SMARTS) is 1. The Bertz CT molecular complexity index is 697. The molecule has 3 fully saturated rings. The highest BCUT2D eigenvalue weighted by molar-refractivity contribution is 5.88. The van der Waals surface area contributed by atoms with E-state index in [1.165, 1.54) is 4.90 Å². The fraction of sp³-hybridized carbons (Fsp3) is 0.789. The summed E-state index contributed by atoms with van der Waals surface area (Å²) < 4.78 is 11.0. The number of carbonyl (C=O) groups excluding carboxylic acids is 2. The van der Waals surface area contributed by atoms with Crippen molar-refractivity contribution in [2.24, 2.45) is 5.92 Å². The van der Waals surface area contributed by atoms with Gasteiger partial charge in [-0.05, 0) is 52.4 Å². The number of likely N-dealkylation sites (tertiary alicyclic amines) is 2. The van der Waals surface area contributed by atoms with Crippen molar-refractivity contribution in [1.29, 1.82) is 5.26 Å². The molecule has 0 radical (unpaired) electrons. The molecule has 9 heteroatoms. The standard InChI is InChI=1S/C19H27N3O6/c1-19(2,3)28-18(26)22-13-7-11(8-14(13)27-10-15(23)24)16(22)17(25)21-6-4-5-12(21)9-20/h11-14,16H,4-8,10H2,1-3H3,(H,23,24). The number of rotatable bonds is 4. The van der Waals surface area contributed by atoms with Crippen LogP contribution in [0.5, 0.6) is 0 Å². The average Bonchev–Trinajstić information content (AvgIpc) is 3.30. The Labute approximate surface area is 164 Å². The van der Waals surface area contributed by atoms with Crippen molar-refractivity contribution in [1.82, 2.24) is 9.80 Å². The largest absolute Gasteiger partial charge is 0.480 e. The van der Waals surface area contributed by atoms with E-state index in [4.69, 9.17) is 14.6 Å². The SMILES string of the molecule is CC(C)(C)OC(=O)N1C2CC(CC2OCC(=O)O)C1C(=O)N1CCCC1C#N. The number of carbonyl (C=O) groups is 3. The Kier molecular flexibility index (Phi) is 5.53. The monoisotopic (exact) mass is 393 g/mol. The molecule has 9 nitrogen and oxygen atoms in total. The molecule has 1 N–H and O–H groups in total. The molecule has 2 saturated heterocycles. The number of carboxylic acids is 1. The molecule has 3 aliphatic rings. The minimum Gasteiger partial charge on any atom is -0.480 e. The Balaban J connectivity index is 1.82. The predicted molar refractivity (Wildman–Crippen MR) is 96.1 cm³/mol. The number of nitriles is 1. The van der Waals surface area contributed by atoms with Crippen LogP contribution in [0.4, 0.5) is 4.79 Å². The lowest BCUT2D eigenvalue weighted by molar-refractivity contribution is -0.149. The minimum absolute atomic E-state index is 0.135. The third kappa shape index (κ3) is 3.92. The molecule has 2 amide bonds. The zero-order chi connectivity index (χ0) is 20.6. The van der Waals surface area contributed by atoms with Crippen molar-refractivity contribution in [3.05, 3.63) is 0 Å². The van der Waals surface area contributed by atoms with Gasteiger partial charge in [0.2, 0.25) is 5.91 Å². The van der Waals surface area contributed by atoms with Crippen LogP contribution in [0.1, 0.15) is 46.5 Å². The van der Waals surface area contributed by atoms with Crippen LogP contribution in [0.2, 0.25) is 0 Å². The van der Waals surface area contributed by atoms with E-state index < -0.39 is 48.5 Å². The number of amides is 2. The van der Waals surface area contributed by atoms with Gasteiger partial charge < -0.3 is 19.5 Å². The van der Waals surface area contributed by atoms with E-state index in [0.717, 1.165) is 6.42 Å². The van der Waals surface area contributed by atoms with Crippen molar-refractivity contribution >= 4 is 18.0 Å². The summed E-state index contributed by atoms with van der Waals surface area (Å²) in [5.74, 6) is -1.43. The van der Waals surface area contributed by atoms with E-state index in [0.29, 0.717) is 25.8 Å². The van der Waals surface area contributed by atoms with Crippen LogP contribution in [0.15, 0.2) is 0 Å². The third-order valence-corrected chi connectivity index (χ3v) is 5.58. The fourth-order valence-electron chi connectivity index (χ4n) is 4.57. The van der Waals surface area contributed by atoms with Crippen LogP contribution in [0.25, 0.3) is 0 Å². The highest BCUT2D eigenvalue weighted by atomic mass is 16.6. The molecule has 2 bridgehead atoms. The van der Waals surface area contributed by atoms with Gasteiger partial charge in [0, 0.05) is 6.54 Å². The quantitative estimate of drug-likeness (QED) is 0.766. The first-order chi connectivity index (χ1) is 13.1. The fourth-order valence-corrected chi connectivity index (χ4v) is 4.57. The van der Waals surface area contributed by atoms with E-state index in [-0.39, 0.29) is 11.8 Å². The van der Waals surface area contributed by atoms with Crippen LogP contribution >= 0.6 is 0 Å². The van der Waals surface area contributed by atoms with Gasteiger partial charge in [-0.2, -0.15) is 5.26 Å². The van der Waals surface area contributed by atoms with Crippen molar-refractivity contribution in [2.75, 3.05) is 13.2 Å². The summed E-state index contributed by atoms with van der Waals surface area (Å²) in [5, 5.41) is 18.2. The first-order valence-electron chi connectivity index (χ1n) is 9.67. The molecular weight excluding hydrogens is 366 g/mol. The molecule has 2 aliphatic heterocycles. The molecule has 0 spiro atoms. The second kappa shape index (κ2) is 7.59. The zero-order valence-electron chi connectivity index (χ0n) is 16.5. The number of ether oxygens (including phenoxy) is 2. The second-order valence-electron chi connectivity index (χ2n) is 8.69. The highest BCUT2D eigenvalue weighted by Gasteiger charge is 2.58. The first kappa shape index (κ1) is 20.4. The number of nitrogens with zero attached hydrogens (tertiary/aromatic N) is 3. The Morgan fingerprint density at radius 3 is 2.57 bits per heavy atom. The molecule has 3 rings (SSSR count). The van der Waals surface area contributed by atoms with Gasteiger partial charge in [0.1, 0.15) is 24.3 Å². The lowest BCUT2D eigenvalue weighted by atomic mass is 9.96. The van der Waals surface area contributed by atoms with Crippen LogP contribution in [0.3, 0.4) is 0 Å². The Morgan fingerprint density at radius 1 is 1.25 bits per heavy atom. The number of hydrogen-bond donors (Lipinski definition) is 1. The average molecular weight is 393 g/mol. The van der Waals surface area contributed by atoms with E-state index in [9.17, 15) is 19.6 Å². The lowest BCUT2D eigenvalue weighted by Crippen LogP contribution is -2.58. The molecule has 154 valence electrons. The molecule has 5 unspecified atom stereocenters. The molecule has 0 aromatic heterocycles.